The number of thiazole rings is 1. The molecule has 232 valence electrons. The van der Waals surface area contributed by atoms with Crippen LogP contribution in [0, 0.1) is 12.7 Å². The Bertz CT molecular complexity index is 1580. The van der Waals surface area contributed by atoms with Crippen LogP contribution in [0.4, 0.5) is 17.6 Å². The minimum absolute atomic E-state index is 0.0598. The second kappa shape index (κ2) is 14.6. The van der Waals surface area contributed by atoms with Crippen LogP contribution < -0.4 is 10.6 Å². The van der Waals surface area contributed by atoms with E-state index in [2.05, 4.69) is 15.6 Å². The highest BCUT2D eigenvalue weighted by Gasteiger charge is 2.31. The van der Waals surface area contributed by atoms with Gasteiger partial charge in [0.25, 0.3) is 11.8 Å². The van der Waals surface area contributed by atoms with Gasteiger partial charge in [0, 0.05) is 42.3 Å². The van der Waals surface area contributed by atoms with Gasteiger partial charge >= 0.3 is 6.18 Å². The lowest BCUT2D eigenvalue weighted by molar-refractivity contribution is -0.137. The summed E-state index contributed by atoms with van der Waals surface area (Å²) in [5.74, 6) is -1.82. The number of rotatable bonds is 12. The largest absolute Gasteiger partial charge is 0.416 e. The van der Waals surface area contributed by atoms with E-state index in [1.54, 1.807) is 25.2 Å². The van der Waals surface area contributed by atoms with Gasteiger partial charge in [-0.3, -0.25) is 9.59 Å². The monoisotopic (exact) mass is 628 g/mol. The third-order valence-electron chi connectivity index (χ3n) is 6.80. The molecule has 3 N–H and O–H groups in total. The summed E-state index contributed by atoms with van der Waals surface area (Å²) in [7, 11) is 1.65. The summed E-state index contributed by atoms with van der Waals surface area (Å²) in [5, 5.41) is 19.4. The number of hydrogen-bond donors (Lipinski definition) is 3. The van der Waals surface area contributed by atoms with Crippen LogP contribution in [0.5, 0.6) is 0 Å². The minimum Gasteiger partial charge on any atom is -0.390 e. The molecule has 2 atom stereocenters. The number of nitrogens with one attached hydrogen (secondary N) is 2. The molecule has 0 aliphatic heterocycles. The van der Waals surface area contributed by atoms with Crippen LogP contribution in [0.2, 0.25) is 0 Å². The molecule has 4 rings (SSSR count). The van der Waals surface area contributed by atoms with Crippen molar-refractivity contribution in [2.45, 2.75) is 44.8 Å². The van der Waals surface area contributed by atoms with Gasteiger partial charge in [-0.15, -0.1) is 11.3 Å². The molecule has 0 bridgehead atoms. The molecule has 0 radical (unpaired) electrons. The number of alkyl halides is 3. The van der Waals surface area contributed by atoms with Gasteiger partial charge < -0.3 is 20.6 Å². The van der Waals surface area contributed by atoms with Crippen molar-refractivity contribution in [1.82, 2.24) is 20.5 Å². The third kappa shape index (κ3) is 9.18. The Balaban J connectivity index is 1.44. The fourth-order valence-electron chi connectivity index (χ4n) is 4.59. The Morgan fingerprint density at radius 3 is 2.41 bits per heavy atom. The van der Waals surface area contributed by atoms with Gasteiger partial charge in [-0.25, -0.2) is 9.37 Å². The number of nitrogens with zero attached hydrogens (tertiary/aromatic N) is 2. The SMILES string of the molecule is Cc1csc(CN(C)C(=O)c2cccc(C(=O)N[C@@H](Cc3ccccc3)[C@H](O)CNCc3cc(F)cc(C(F)(F)F)c3)c2)n1. The van der Waals surface area contributed by atoms with Crippen LogP contribution in [-0.2, 0) is 25.7 Å². The Kier molecular flexibility index (Phi) is 10.8. The first-order valence-corrected chi connectivity index (χ1v) is 14.6. The lowest BCUT2D eigenvalue weighted by Gasteiger charge is -2.25. The van der Waals surface area contributed by atoms with Crippen molar-refractivity contribution in [3.8, 4) is 0 Å². The standard InChI is InChI=1S/C32H32F4N4O3S/c1-20-19-44-29(38-20)18-40(2)31(43)24-10-6-9-23(14-24)30(42)39-27(13-21-7-4-3-5-8-21)28(41)17-37-16-22-11-25(32(34,35)36)15-26(33)12-22/h3-12,14-15,19,27-28,37,41H,13,16-18H2,1-2H3,(H,39,42)/t27-,28+/m0/s1. The number of benzene rings is 3. The fraction of sp³-hybridized carbons (Fsp3) is 0.281. The average Bonchev–Trinajstić information content (AvgIpc) is 3.40. The van der Waals surface area contributed by atoms with E-state index in [-0.39, 0.29) is 36.5 Å². The highest BCUT2D eigenvalue weighted by atomic mass is 32.1. The maximum Gasteiger partial charge on any atom is 0.416 e. The molecular formula is C32H32F4N4O3S. The molecule has 1 heterocycles. The number of aliphatic hydroxyl groups is 1. The molecule has 0 fully saturated rings. The van der Waals surface area contributed by atoms with Crippen LogP contribution in [0.25, 0.3) is 0 Å². The number of aryl methyl sites for hydroxylation is 1. The van der Waals surface area contributed by atoms with E-state index in [4.69, 9.17) is 0 Å². The van der Waals surface area contributed by atoms with Gasteiger partial charge in [-0.2, -0.15) is 13.2 Å². The van der Waals surface area contributed by atoms with Crippen molar-refractivity contribution in [3.63, 3.8) is 0 Å². The number of aromatic nitrogens is 1. The Hall–Kier alpha value is -4.13. The Morgan fingerprint density at radius 2 is 1.73 bits per heavy atom. The summed E-state index contributed by atoms with van der Waals surface area (Å²) in [6.07, 6.45) is -5.60. The van der Waals surface area contributed by atoms with Crippen molar-refractivity contribution >= 4 is 23.2 Å². The molecule has 44 heavy (non-hydrogen) atoms. The predicted molar refractivity (Wildman–Crippen MR) is 160 cm³/mol. The van der Waals surface area contributed by atoms with Gasteiger partial charge in [0.05, 0.1) is 24.3 Å². The fourth-order valence-corrected chi connectivity index (χ4v) is 5.41. The molecule has 0 unspecified atom stereocenters. The summed E-state index contributed by atoms with van der Waals surface area (Å²) in [6, 6.07) is 16.8. The second-order valence-electron chi connectivity index (χ2n) is 10.4. The van der Waals surface area contributed by atoms with Gasteiger partial charge in [0.2, 0.25) is 0 Å². The van der Waals surface area contributed by atoms with Crippen molar-refractivity contribution in [2.75, 3.05) is 13.6 Å². The van der Waals surface area contributed by atoms with Crippen molar-refractivity contribution in [2.24, 2.45) is 0 Å². The highest BCUT2D eigenvalue weighted by molar-refractivity contribution is 7.09. The molecule has 0 spiro atoms. The topological polar surface area (TPSA) is 94.6 Å². The van der Waals surface area contributed by atoms with E-state index >= 15 is 0 Å². The van der Waals surface area contributed by atoms with Crippen LogP contribution in [0.1, 0.15) is 48.1 Å². The van der Waals surface area contributed by atoms with E-state index in [9.17, 15) is 32.3 Å². The van der Waals surface area contributed by atoms with Crippen molar-refractivity contribution in [3.05, 3.63) is 123 Å². The summed E-state index contributed by atoms with van der Waals surface area (Å²) in [6.45, 7) is 1.95. The molecule has 2 amide bonds. The summed E-state index contributed by atoms with van der Waals surface area (Å²) >= 11 is 1.46. The maximum atomic E-state index is 13.8. The first-order chi connectivity index (χ1) is 20.9. The summed E-state index contributed by atoms with van der Waals surface area (Å²) in [4.78, 5) is 32.3. The van der Waals surface area contributed by atoms with E-state index in [1.807, 2.05) is 42.6 Å². The van der Waals surface area contributed by atoms with Gasteiger partial charge in [0.1, 0.15) is 10.8 Å². The number of hydrogen-bond acceptors (Lipinski definition) is 6. The molecule has 0 saturated carbocycles. The van der Waals surface area contributed by atoms with Crippen molar-refractivity contribution < 1.29 is 32.3 Å². The zero-order valence-corrected chi connectivity index (χ0v) is 24.9. The third-order valence-corrected chi connectivity index (χ3v) is 7.76. The normalized spacial score (nSPS) is 12.9. The van der Waals surface area contributed by atoms with Crippen LogP contribution in [0.15, 0.2) is 78.2 Å². The molecule has 0 aliphatic carbocycles. The molecular weight excluding hydrogens is 596 g/mol. The molecule has 0 saturated heterocycles. The average molecular weight is 629 g/mol. The van der Waals surface area contributed by atoms with Gasteiger partial charge in [-0.05, 0) is 60.9 Å². The summed E-state index contributed by atoms with van der Waals surface area (Å²) < 4.78 is 53.0. The predicted octanol–water partition coefficient (Wildman–Crippen LogP) is 5.37. The molecule has 7 nitrogen and oxygen atoms in total. The highest BCUT2D eigenvalue weighted by Crippen LogP contribution is 2.30. The molecule has 1 aromatic heterocycles. The van der Waals surface area contributed by atoms with E-state index in [0.717, 1.165) is 28.4 Å². The molecule has 0 aliphatic rings. The lowest BCUT2D eigenvalue weighted by Crippen LogP contribution is -2.48. The van der Waals surface area contributed by atoms with Crippen LogP contribution >= 0.6 is 11.3 Å². The van der Waals surface area contributed by atoms with E-state index in [0.29, 0.717) is 18.2 Å². The zero-order valence-electron chi connectivity index (χ0n) is 24.1. The summed E-state index contributed by atoms with van der Waals surface area (Å²) in [5.41, 5.74) is 1.19. The van der Waals surface area contributed by atoms with Gasteiger partial charge in [0.15, 0.2) is 0 Å². The van der Waals surface area contributed by atoms with Gasteiger partial charge in [-0.1, -0.05) is 36.4 Å². The second-order valence-corrected chi connectivity index (χ2v) is 11.4. The first kappa shape index (κ1) is 32.8. The molecule has 3 aromatic carbocycles. The lowest BCUT2D eigenvalue weighted by atomic mass is 10.00. The van der Waals surface area contributed by atoms with E-state index < -0.39 is 35.6 Å². The molecule has 12 heteroatoms. The van der Waals surface area contributed by atoms with Crippen molar-refractivity contribution in [1.29, 1.82) is 0 Å². The Morgan fingerprint density at radius 1 is 1.00 bits per heavy atom. The maximum absolute atomic E-state index is 13.8. The van der Waals surface area contributed by atoms with E-state index in [1.165, 1.54) is 22.3 Å². The number of aliphatic hydroxyl groups excluding tert-OH is 1. The molecule has 4 aromatic rings. The number of carbonyl (C=O) groups excluding carboxylic acids is 2. The smallest absolute Gasteiger partial charge is 0.390 e. The quantitative estimate of drug-likeness (QED) is 0.184. The first-order valence-electron chi connectivity index (χ1n) is 13.8. The Labute approximate surface area is 256 Å². The van der Waals surface area contributed by atoms with Crippen LogP contribution in [-0.4, -0.2) is 52.5 Å². The number of carbonyl (C=O) groups is 2. The number of halogens is 4. The number of amides is 2. The minimum atomic E-state index is -4.70. The van der Waals surface area contributed by atoms with Crippen LogP contribution in [0.3, 0.4) is 0 Å². The zero-order chi connectivity index (χ0) is 31.9.